The minimum atomic E-state index is -3.48. The van der Waals surface area contributed by atoms with Crippen molar-refractivity contribution in [1.29, 1.82) is 0 Å². The maximum absolute atomic E-state index is 12.3. The fourth-order valence-electron chi connectivity index (χ4n) is 0.442. The molecule has 0 N–H and O–H groups in total. The summed E-state index contributed by atoms with van der Waals surface area (Å²) in [6, 6.07) is 0. The van der Waals surface area contributed by atoms with E-state index in [2.05, 4.69) is 4.74 Å². The second-order valence-corrected chi connectivity index (χ2v) is 1.82. The van der Waals surface area contributed by atoms with E-state index in [4.69, 9.17) is 0 Å². The largest absolute Gasteiger partial charge is 0.463 e. The average Bonchev–Trinajstić information content (AvgIpc) is 2.02. The van der Waals surface area contributed by atoms with Gasteiger partial charge in [0.1, 0.15) is 0 Å². The number of ketones is 1. The second-order valence-electron chi connectivity index (χ2n) is 1.82. The molecule has 0 heterocycles. The molecule has 0 aromatic heterocycles. The Morgan fingerprint density at radius 2 is 1.83 bits per heavy atom. The molecule has 6 heteroatoms. The number of Topliss-reactive ketones (excluding diaryl/α,β-unsaturated/α-hetero) is 1. The highest BCUT2D eigenvalue weighted by molar-refractivity contribution is 6.03. The molecule has 1 atom stereocenters. The minimum absolute atomic E-state index is 0.157. The first-order chi connectivity index (χ1) is 5.50. The zero-order valence-electron chi connectivity index (χ0n) is 6.22. The van der Waals surface area contributed by atoms with Crippen LogP contribution in [0.25, 0.3) is 0 Å². The summed E-state index contributed by atoms with van der Waals surface area (Å²) in [6.07, 6.45) is -6.35. The zero-order chi connectivity index (χ0) is 9.72. The van der Waals surface area contributed by atoms with Gasteiger partial charge >= 0.3 is 5.97 Å². The Hall–Kier alpha value is -1.07. The zero-order valence-corrected chi connectivity index (χ0v) is 6.22. The van der Waals surface area contributed by atoms with E-state index in [0.29, 0.717) is 0 Å². The molecule has 0 aromatic rings. The first-order valence-corrected chi connectivity index (χ1v) is 3.13. The molecule has 3 nitrogen and oxygen atoms in total. The third-order valence-electron chi connectivity index (χ3n) is 0.958. The van der Waals surface area contributed by atoms with E-state index in [-0.39, 0.29) is 6.61 Å². The minimum Gasteiger partial charge on any atom is -0.463 e. The van der Waals surface area contributed by atoms with Gasteiger partial charge in [-0.3, -0.25) is 4.79 Å². The number of ether oxygens (including phenoxy) is 1. The monoisotopic (exact) mass is 184 g/mol. The molecule has 0 aliphatic rings. The van der Waals surface area contributed by atoms with Crippen molar-refractivity contribution in [2.45, 2.75) is 19.5 Å². The number of halogens is 3. The van der Waals surface area contributed by atoms with Crippen molar-refractivity contribution in [3.8, 4) is 0 Å². The Bertz CT molecular complexity index is 181. The van der Waals surface area contributed by atoms with Gasteiger partial charge in [-0.2, -0.15) is 0 Å². The maximum Gasteiger partial charge on any atom is 0.348 e. The van der Waals surface area contributed by atoms with E-state index in [9.17, 15) is 22.8 Å². The standard InChI is InChI=1S/C6H7F3O3/c1-2-12-6(11)3(7)4(10)5(8)9/h3,5H,2H2,1H3/t3-/m1/s1. The van der Waals surface area contributed by atoms with E-state index in [1.54, 1.807) is 0 Å². The summed E-state index contributed by atoms with van der Waals surface area (Å²) in [4.78, 5) is 20.5. The van der Waals surface area contributed by atoms with Crippen LogP contribution >= 0.6 is 0 Å². The molecule has 0 fully saturated rings. The summed E-state index contributed by atoms with van der Waals surface area (Å²) in [5.41, 5.74) is 0. The van der Waals surface area contributed by atoms with Gasteiger partial charge in [0, 0.05) is 0 Å². The van der Waals surface area contributed by atoms with Crippen LogP contribution in [0.5, 0.6) is 0 Å². The van der Waals surface area contributed by atoms with Gasteiger partial charge in [-0.15, -0.1) is 0 Å². The number of alkyl halides is 3. The highest BCUT2D eigenvalue weighted by atomic mass is 19.3. The van der Waals surface area contributed by atoms with Gasteiger partial charge in [-0.25, -0.2) is 18.0 Å². The molecule has 0 spiro atoms. The van der Waals surface area contributed by atoms with E-state index in [1.807, 2.05) is 0 Å². The van der Waals surface area contributed by atoms with Gasteiger partial charge in [0.25, 0.3) is 12.6 Å². The predicted molar refractivity (Wildman–Crippen MR) is 32.5 cm³/mol. The molecule has 70 valence electrons. The summed E-state index contributed by atoms with van der Waals surface area (Å²) in [7, 11) is 0. The Labute approximate surface area is 66.5 Å². The van der Waals surface area contributed by atoms with Crippen LogP contribution in [0.4, 0.5) is 13.2 Å². The first-order valence-electron chi connectivity index (χ1n) is 3.13. The quantitative estimate of drug-likeness (QED) is 0.477. The molecule has 0 rings (SSSR count). The van der Waals surface area contributed by atoms with Gasteiger partial charge in [-0.05, 0) is 6.92 Å². The van der Waals surface area contributed by atoms with Crippen molar-refractivity contribution in [2.75, 3.05) is 6.61 Å². The summed E-state index contributed by atoms with van der Waals surface area (Å²) < 4.78 is 39.3. The Kier molecular flexibility index (Phi) is 4.31. The second kappa shape index (κ2) is 4.74. The Morgan fingerprint density at radius 3 is 2.17 bits per heavy atom. The topological polar surface area (TPSA) is 43.4 Å². The first kappa shape index (κ1) is 10.9. The van der Waals surface area contributed by atoms with Gasteiger partial charge in [0.2, 0.25) is 5.78 Å². The lowest BCUT2D eigenvalue weighted by Gasteiger charge is -2.04. The molecule has 0 bridgehead atoms. The smallest absolute Gasteiger partial charge is 0.348 e. The average molecular weight is 184 g/mol. The molecule has 0 radical (unpaired) electrons. The van der Waals surface area contributed by atoms with Crippen molar-refractivity contribution in [3.63, 3.8) is 0 Å². The predicted octanol–water partition coefficient (Wildman–Crippen LogP) is 0.722. The number of esters is 1. The fourth-order valence-corrected chi connectivity index (χ4v) is 0.442. The van der Waals surface area contributed by atoms with Gasteiger partial charge in [0.05, 0.1) is 6.61 Å². The molecular formula is C6H7F3O3. The molecule has 0 amide bonds. The van der Waals surface area contributed by atoms with E-state index >= 15 is 0 Å². The lowest BCUT2D eigenvalue weighted by atomic mass is 10.2. The van der Waals surface area contributed by atoms with Gasteiger partial charge < -0.3 is 4.74 Å². The van der Waals surface area contributed by atoms with Crippen LogP contribution in [0.3, 0.4) is 0 Å². The molecule has 0 saturated carbocycles. The van der Waals surface area contributed by atoms with Crippen molar-refractivity contribution in [3.05, 3.63) is 0 Å². The molecular weight excluding hydrogens is 177 g/mol. The van der Waals surface area contributed by atoms with Gasteiger partial charge in [-0.1, -0.05) is 0 Å². The SMILES string of the molecule is CCOC(=O)[C@H](F)C(=O)C(F)F. The summed E-state index contributed by atoms with van der Waals surface area (Å²) >= 11 is 0. The van der Waals surface area contributed by atoms with Crippen LogP contribution in [0.15, 0.2) is 0 Å². The molecule has 0 aliphatic carbocycles. The van der Waals surface area contributed by atoms with E-state index in [0.717, 1.165) is 0 Å². The maximum atomic E-state index is 12.3. The molecule has 0 aromatic carbocycles. The number of carbonyl (C=O) groups excluding carboxylic acids is 2. The van der Waals surface area contributed by atoms with Crippen molar-refractivity contribution >= 4 is 11.8 Å². The van der Waals surface area contributed by atoms with Crippen LogP contribution < -0.4 is 0 Å². The highest BCUT2D eigenvalue weighted by Crippen LogP contribution is 2.04. The summed E-state index contributed by atoms with van der Waals surface area (Å²) in [6.45, 7) is 1.22. The number of carbonyl (C=O) groups is 2. The Balaban J connectivity index is 4.10. The van der Waals surface area contributed by atoms with Crippen LogP contribution in [0.1, 0.15) is 6.92 Å². The van der Waals surface area contributed by atoms with Crippen molar-refractivity contribution < 1.29 is 27.5 Å². The van der Waals surface area contributed by atoms with Crippen LogP contribution in [-0.4, -0.2) is 31.0 Å². The van der Waals surface area contributed by atoms with Crippen LogP contribution in [0, 0.1) is 0 Å². The molecule has 12 heavy (non-hydrogen) atoms. The molecule has 0 aliphatic heterocycles. The fraction of sp³-hybridized carbons (Fsp3) is 0.667. The highest BCUT2D eigenvalue weighted by Gasteiger charge is 2.33. The lowest BCUT2D eigenvalue weighted by Crippen LogP contribution is -2.32. The van der Waals surface area contributed by atoms with E-state index < -0.39 is 24.3 Å². The number of rotatable bonds is 4. The number of hydrogen-bond acceptors (Lipinski definition) is 3. The van der Waals surface area contributed by atoms with Crippen molar-refractivity contribution in [2.24, 2.45) is 0 Å². The van der Waals surface area contributed by atoms with Crippen LogP contribution in [0.2, 0.25) is 0 Å². The van der Waals surface area contributed by atoms with E-state index in [1.165, 1.54) is 6.92 Å². The third-order valence-corrected chi connectivity index (χ3v) is 0.958. The van der Waals surface area contributed by atoms with Gasteiger partial charge in [0.15, 0.2) is 0 Å². The normalized spacial score (nSPS) is 12.8. The van der Waals surface area contributed by atoms with Crippen molar-refractivity contribution in [1.82, 2.24) is 0 Å². The summed E-state index contributed by atoms with van der Waals surface area (Å²) in [5.74, 6) is -3.63. The molecule has 0 unspecified atom stereocenters. The molecule has 0 saturated heterocycles. The number of hydrogen-bond donors (Lipinski definition) is 0. The summed E-state index contributed by atoms with van der Waals surface area (Å²) in [5, 5.41) is 0. The Morgan fingerprint density at radius 1 is 1.33 bits per heavy atom. The third kappa shape index (κ3) is 2.89. The lowest BCUT2D eigenvalue weighted by molar-refractivity contribution is -0.156. The van der Waals surface area contributed by atoms with Crippen LogP contribution in [-0.2, 0) is 14.3 Å².